The molecule has 2 aromatic carbocycles. The van der Waals surface area contributed by atoms with Crippen LogP contribution in [0.1, 0.15) is 24.1 Å². The smallest absolute Gasteiger partial charge is 0.327 e. The van der Waals surface area contributed by atoms with Crippen molar-refractivity contribution in [3.8, 4) is 0 Å². The van der Waals surface area contributed by atoms with Crippen molar-refractivity contribution in [1.29, 1.82) is 0 Å². The van der Waals surface area contributed by atoms with Crippen molar-refractivity contribution < 1.29 is 29.1 Å². The number of nitrogens with two attached hydrogens (primary N) is 3. The molecule has 12 N–H and O–H groups in total. The Morgan fingerprint density at radius 3 is 2.02 bits per heavy atom. The lowest BCUT2D eigenvalue weighted by atomic mass is 10.00. The molecule has 0 unspecified atom stereocenters. The van der Waals surface area contributed by atoms with Crippen molar-refractivity contribution in [2.75, 3.05) is 18.1 Å². The molecule has 0 aliphatic carbocycles. The summed E-state index contributed by atoms with van der Waals surface area (Å²) in [6.45, 7) is 0.176. The first-order chi connectivity index (χ1) is 23.4. The number of rotatable bonds is 19. The number of aromatic nitrogens is 2. The minimum absolute atomic E-state index is 0.0000158. The van der Waals surface area contributed by atoms with Gasteiger partial charge in [-0.05, 0) is 29.2 Å². The number of aliphatic imine (C=N–C) groups is 1. The molecule has 0 spiro atoms. The third-order valence-electron chi connectivity index (χ3n) is 7.41. The van der Waals surface area contributed by atoms with Crippen LogP contribution in [0.15, 0.2) is 60.0 Å². The molecule has 0 saturated heterocycles. The summed E-state index contributed by atoms with van der Waals surface area (Å²) in [6, 6.07) is 7.21. The number of benzene rings is 2. The van der Waals surface area contributed by atoms with Gasteiger partial charge in [-0.25, -0.2) is 9.78 Å². The van der Waals surface area contributed by atoms with Gasteiger partial charge in [-0.15, -0.1) is 0 Å². The predicted molar refractivity (Wildman–Crippen MR) is 191 cm³/mol. The Morgan fingerprint density at radius 1 is 0.816 bits per heavy atom. The van der Waals surface area contributed by atoms with Crippen LogP contribution in [0, 0.1) is 0 Å². The van der Waals surface area contributed by atoms with Crippen LogP contribution in [0.5, 0.6) is 0 Å². The molecule has 1 aromatic heterocycles. The van der Waals surface area contributed by atoms with Gasteiger partial charge in [0.25, 0.3) is 0 Å². The molecule has 0 saturated carbocycles. The Morgan fingerprint density at radius 2 is 1.43 bits per heavy atom. The molecule has 0 bridgehead atoms. The molecule has 264 valence electrons. The summed E-state index contributed by atoms with van der Waals surface area (Å²) in [5, 5.41) is 21.7. The lowest BCUT2D eigenvalue weighted by Crippen LogP contribution is -2.59. The Balaban J connectivity index is 1.93. The number of carboxylic acids is 1. The van der Waals surface area contributed by atoms with Gasteiger partial charge in [0.2, 0.25) is 23.6 Å². The summed E-state index contributed by atoms with van der Waals surface area (Å²) in [5.41, 5.74) is 17.8. The Bertz CT molecular complexity index is 1620. The lowest BCUT2D eigenvalue weighted by Gasteiger charge is -2.26. The van der Waals surface area contributed by atoms with Crippen LogP contribution in [0.3, 0.4) is 0 Å². The first-order valence-electron chi connectivity index (χ1n) is 15.3. The zero-order valence-corrected chi connectivity index (χ0v) is 28.3. The number of nitrogens with one attached hydrogen (secondary N) is 5. The van der Waals surface area contributed by atoms with E-state index in [1.807, 2.05) is 42.5 Å². The molecule has 3 rings (SSSR count). The van der Waals surface area contributed by atoms with Crippen LogP contribution in [0.4, 0.5) is 0 Å². The van der Waals surface area contributed by atoms with Crippen molar-refractivity contribution in [1.82, 2.24) is 31.2 Å². The molecule has 0 aliphatic rings. The van der Waals surface area contributed by atoms with Gasteiger partial charge in [-0.3, -0.25) is 24.2 Å². The highest BCUT2D eigenvalue weighted by molar-refractivity contribution is 7.80. The van der Waals surface area contributed by atoms with Gasteiger partial charge in [-0.2, -0.15) is 25.3 Å². The van der Waals surface area contributed by atoms with Crippen LogP contribution in [0.2, 0.25) is 0 Å². The number of amides is 4. The lowest BCUT2D eigenvalue weighted by molar-refractivity contribution is -0.141. The number of fused-ring (bicyclic) bond motifs is 1. The van der Waals surface area contributed by atoms with Gasteiger partial charge in [0.1, 0.15) is 24.2 Å². The number of hydrogen-bond acceptors (Lipinski definition) is 10. The van der Waals surface area contributed by atoms with E-state index in [9.17, 15) is 29.1 Å². The normalized spacial score (nSPS) is 14.0. The van der Waals surface area contributed by atoms with E-state index in [2.05, 4.69) is 61.5 Å². The summed E-state index contributed by atoms with van der Waals surface area (Å²) < 4.78 is 0. The SMILES string of the molecule is NC(N)=NCCC[C@H](NC(=O)[C@H](N)CS)C(=O)N[C@@H](Cc1ccc2ccccc2c1)C(=O)N[C@@H](Cc1cnc[nH]1)C(=O)N[C@@H](CS)C(=O)O. The third kappa shape index (κ3) is 12.3. The number of carbonyl (C=O) groups excluding carboxylic acids is 4. The van der Waals surface area contributed by atoms with Crippen LogP contribution in [-0.4, -0.2) is 98.9 Å². The van der Waals surface area contributed by atoms with Gasteiger partial charge in [0.15, 0.2) is 5.96 Å². The molecule has 5 atom stereocenters. The molecule has 0 fully saturated rings. The first-order valence-corrected chi connectivity index (χ1v) is 16.6. The summed E-state index contributed by atoms with van der Waals surface area (Å²) in [4.78, 5) is 76.1. The average Bonchev–Trinajstić information content (AvgIpc) is 3.60. The average molecular weight is 715 g/mol. The maximum Gasteiger partial charge on any atom is 0.327 e. The fourth-order valence-corrected chi connectivity index (χ4v) is 5.19. The van der Waals surface area contributed by atoms with Gasteiger partial charge < -0.3 is 48.6 Å². The molecule has 0 aliphatic heterocycles. The molecular formula is C31H42N10O6S2. The topological polar surface area (TPSA) is 273 Å². The molecule has 4 amide bonds. The van der Waals surface area contributed by atoms with E-state index in [4.69, 9.17) is 17.2 Å². The number of aliphatic carboxylic acids is 1. The standard InChI is InChI=1S/C31H42N10O6S2/c32-21(14-48)26(42)38-22(6-3-9-36-31(33)34)27(43)39-23(11-17-7-8-18-4-1-2-5-19(18)10-17)28(44)40-24(12-20-13-35-16-37-20)29(45)41-25(15-49)30(46)47/h1-2,4-5,7-8,10,13,16,21-25,48-49H,3,6,9,11-12,14-15,32H2,(H,35,37)(H,38,42)(H,39,43)(H,40,44)(H,41,45)(H,46,47)(H4,33,34,36)/t21-,22+,23+,24+,25+/m1/s1. The highest BCUT2D eigenvalue weighted by Crippen LogP contribution is 2.17. The molecule has 49 heavy (non-hydrogen) atoms. The zero-order chi connectivity index (χ0) is 35.9. The summed E-state index contributed by atoms with van der Waals surface area (Å²) in [6.07, 6.45) is 3.18. The van der Waals surface area contributed by atoms with Crippen LogP contribution in [-0.2, 0) is 36.8 Å². The molecule has 0 radical (unpaired) electrons. The van der Waals surface area contributed by atoms with E-state index in [0.29, 0.717) is 17.7 Å². The summed E-state index contributed by atoms with van der Waals surface area (Å²) in [7, 11) is 0. The Labute approximate surface area is 293 Å². The van der Waals surface area contributed by atoms with Crippen molar-refractivity contribution in [3.05, 3.63) is 66.2 Å². The van der Waals surface area contributed by atoms with Crippen molar-refractivity contribution in [2.24, 2.45) is 22.2 Å². The zero-order valence-electron chi connectivity index (χ0n) is 26.5. The molecule has 3 aromatic rings. The van der Waals surface area contributed by atoms with E-state index in [1.165, 1.54) is 12.5 Å². The van der Waals surface area contributed by atoms with Crippen LogP contribution < -0.4 is 38.5 Å². The van der Waals surface area contributed by atoms with Gasteiger partial charge in [0, 0.05) is 42.8 Å². The predicted octanol–water partition coefficient (Wildman–Crippen LogP) is -1.39. The number of nitrogens with zero attached hydrogens (tertiary/aromatic N) is 2. The second-order valence-corrected chi connectivity index (χ2v) is 11.9. The highest BCUT2D eigenvalue weighted by atomic mass is 32.1. The summed E-state index contributed by atoms with van der Waals surface area (Å²) in [5.74, 6) is -4.45. The fraction of sp³-hybridized carbons (Fsp3) is 0.387. The second kappa shape index (κ2) is 19.3. The first kappa shape index (κ1) is 38.6. The van der Waals surface area contributed by atoms with Crippen molar-refractivity contribution >= 4 is 71.6 Å². The quantitative estimate of drug-likeness (QED) is 0.0300. The highest BCUT2D eigenvalue weighted by Gasteiger charge is 2.32. The van der Waals surface area contributed by atoms with Crippen LogP contribution in [0.25, 0.3) is 10.8 Å². The number of hydrogen-bond donors (Lipinski definition) is 11. The van der Waals surface area contributed by atoms with Gasteiger partial charge >= 0.3 is 5.97 Å². The number of imidazole rings is 1. The second-order valence-electron chi connectivity index (χ2n) is 11.2. The number of aromatic amines is 1. The summed E-state index contributed by atoms with van der Waals surface area (Å²) >= 11 is 8.06. The molecule has 1 heterocycles. The van der Waals surface area contributed by atoms with E-state index in [-0.39, 0.29) is 43.3 Å². The Hall–Kier alpha value is -4.81. The maximum absolute atomic E-state index is 14.0. The third-order valence-corrected chi connectivity index (χ3v) is 8.17. The monoisotopic (exact) mass is 714 g/mol. The molecule has 16 nitrogen and oxygen atoms in total. The van der Waals surface area contributed by atoms with E-state index >= 15 is 0 Å². The number of guanidine groups is 1. The molecular weight excluding hydrogens is 673 g/mol. The van der Waals surface area contributed by atoms with E-state index in [1.54, 1.807) is 0 Å². The van der Waals surface area contributed by atoms with Gasteiger partial charge in [-0.1, -0.05) is 42.5 Å². The Kier molecular flexibility index (Phi) is 15.2. The minimum Gasteiger partial charge on any atom is -0.480 e. The van der Waals surface area contributed by atoms with E-state index < -0.39 is 59.8 Å². The van der Waals surface area contributed by atoms with Gasteiger partial charge in [0.05, 0.1) is 12.4 Å². The number of H-pyrrole nitrogens is 1. The fourth-order valence-electron chi connectivity index (χ4n) is 4.77. The largest absolute Gasteiger partial charge is 0.480 e. The maximum atomic E-state index is 14.0. The number of carboxylic acid groups (broad SMARTS) is 1. The minimum atomic E-state index is -1.32. The number of thiol groups is 2. The van der Waals surface area contributed by atoms with Crippen LogP contribution >= 0.6 is 25.3 Å². The van der Waals surface area contributed by atoms with E-state index in [0.717, 1.165) is 10.8 Å². The number of carbonyl (C=O) groups is 5. The van der Waals surface area contributed by atoms with Crippen molar-refractivity contribution in [2.45, 2.75) is 55.9 Å². The molecule has 18 heteroatoms. The van der Waals surface area contributed by atoms with Crippen molar-refractivity contribution in [3.63, 3.8) is 0 Å².